The summed E-state index contributed by atoms with van der Waals surface area (Å²) in [6.07, 6.45) is 5.34. The van der Waals surface area contributed by atoms with Gasteiger partial charge in [0, 0.05) is 20.3 Å². The molecular formula is C11H13ClN2O2. The number of aromatic nitrogens is 1. The van der Waals surface area contributed by atoms with Crippen molar-refractivity contribution in [2.45, 2.75) is 18.9 Å². The number of carbonyl (C=O) groups excluding carboxylic acids is 1. The first-order chi connectivity index (χ1) is 7.59. The van der Waals surface area contributed by atoms with Gasteiger partial charge in [-0.3, -0.25) is 9.78 Å². The van der Waals surface area contributed by atoms with Gasteiger partial charge in [0.2, 0.25) is 0 Å². The summed E-state index contributed by atoms with van der Waals surface area (Å²) in [5, 5.41) is 0.348. The summed E-state index contributed by atoms with van der Waals surface area (Å²) in [5.74, 6) is 0.329. The van der Waals surface area contributed by atoms with E-state index in [1.165, 1.54) is 11.1 Å². The molecule has 0 saturated heterocycles. The van der Waals surface area contributed by atoms with Crippen molar-refractivity contribution in [2.24, 2.45) is 0 Å². The fourth-order valence-corrected chi connectivity index (χ4v) is 1.49. The molecule has 4 nitrogen and oxygen atoms in total. The summed E-state index contributed by atoms with van der Waals surface area (Å²) < 4.78 is 5.56. The van der Waals surface area contributed by atoms with Crippen LogP contribution in [0.25, 0.3) is 0 Å². The standard InChI is InChI=1S/C11H13ClN2O2/c1-14(2)11(15)8-5-13-6-9(10(8)12)16-7-3-4-7/h5-7H,3-4H2,1-2H3. The lowest BCUT2D eigenvalue weighted by atomic mass is 10.2. The molecule has 0 radical (unpaired) electrons. The molecule has 1 fully saturated rings. The fourth-order valence-electron chi connectivity index (χ4n) is 1.26. The predicted octanol–water partition coefficient (Wildman–Crippen LogP) is 1.98. The van der Waals surface area contributed by atoms with Gasteiger partial charge >= 0.3 is 0 Å². The average molecular weight is 241 g/mol. The first-order valence-corrected chi connectivity index (χ1v) is 5.49. The number of hydrogen-bond acceptors (Lipinski definition) is 3. The maximum Gasteiger partial charge on any atom is 0.256 e. The Morgan fingerprint density at radius 1 is 1.50 bits per heavy atom. The summed E-state index contributed by atoms with van der Waals surface area (Å²) >= 11 is 6.11. The second-order valence-corrected chi connectivity index (χ2v) is 4.39. The van der Waals surface area contributed by atoms with Gasteiger partial charge in [0.25, 0.3) is 5.91 Å². The van der Waals surface area contributed by atoms with E-state index in [1.54, 1.807) is 20.3 Å². The van der Waals surface area contributed by atoms with Crippen LogP contribution in [0.5, 0.6) is 5.75 Å². The van der Waals surface area contributed by atoms with Gasteiger partial charge in [-0.2, -0.15) is 0 Å². The van der Waals surface area contributed by atoms with Crippen molar-refractivity contribution in [3.8, 4) is 5.75 Å². The molecule has 16 heavy (non-hydrogen) atoms. The Morgan fingerprint density at radius 2 is 2.19 bits per heavy atom. The highest BCUT2D eigenvalue weighted by Crippen LogP contribution is 2.33. The molecule has 1 aliphatic rings. The van der Waals surface area contributed by atoms with Crippen LogP contribution in [-0.2, 0) is 0 Å². The molecule has 86 valence electrons. The highest BCUT2D eigenvalue weighted by molar-refractivity contribution is 6.35. The van der Waals surface area contributed by atoms with Crippen LogP contribution in [0.15, 0.2) is 12.4 Å². The lowest BCUT2D eigenvalue weighted by Crippen LogP contribution is -2.22. The number of pyridine rings is 1. The molecule has 1 saturated carbocycles. The molecule has 0 aromatic carbocycles. The third-order valence-electron chi connectivity index (χ3n) is 2.30. The molecule has 0 atom stereocenters. The molecular weight excluding hydrogens is 228 g/mol. The fraction of sp³-hybridized carbons (Fsp3) is 0.455. The Bertz CT molecular complexity index is 416. The maximum absolute atomic E-state index is 11.8. The SMILES string of the molecule is CN(C)C(=O)c1cncc(OC2CC2)c1Cl. The largest absolute Gasteiger partial charge is 0.487 e. The van der Waals surface area contributed by atoms with E-state index >= 15 is 0 Å². The van der Waals surface area contributed by atoms with E-state index in [9.17, 15) is 4.79 Å². The minimum atomic E-state index is -0.168. The number of hydrogen-bond donors (Lipinski definition) is 0. The highest BCUT2D eigenvalue weighted by atomic mass is 35.5. The maximum atomic E-state index is 11.8. The van der Waals surface area contributed by atoms with Gasteiger partial charge in [-0.05, 0) is 12.8 Å². The van der Waals surface area contributed by atoms with E-state index < -0.39 is 0 Å². The minimum absolute atomic E-state index is 0.168. The van der Waals surface area contributed by atoms with Crippen molar-refractivity contribution < 1.29 is 9.53 Å². The highest BCUT2D eigenvalue weighted by Gasteiger charge is 2.26. The molecule has 0 aliphatic heterocycles. The van der Waals surface area contributed by atoms with Gasteiger partial charge in [0.05, 0.1) is 22.9 Å². The van der Waals surface area contributed by atoms with Crippen LogP contribution in [0.2, 0.25) is 5.02 Å². The van der Waals surface area contributed by atoms with Crippen LogP contribution in [-0.4, -0.2) is 36.0 Å². The lowest BCUT2D eigenvalue weighted by Gasteiger charge is -2.13. The summed E-state index contributed by atoms with van der Waals surface area (Å²) in [6, 6.07) is 0. The smallest absolute Gasteiger partial charge is 0.256 e. The third kappa shape index (κ3) is 2.27. The Morgan fingerprint density at radius 3 is 2.75 bits per heavy atom. The van der Waals surface area contributed by atoms with E-state index in [2.05, 4.69) is 4.98 Å². The minimum Gasteiger partial charge on any atom is -0.487 e. The van der Waals surface area contributed by atoms with E-state index in [-0.39, 0.29) is 12.0 Å². The first-order valence-electron chi connectivity index (χ1n) is 5.11. The molecule has 5 heteroatoms. The van der Waals surface area contributed by atoms with Gasteiger partial charge in [-0.25, -0.2) is 0 Å². The van der Waals surface area contributed by atoms with Crippen LogP contribution in [0, 0.1) is 0 Å². The van der Waals surface area contributed by atoms with Crippen molar-refractivity contribution in [2.75, 3.05) is 14.1 Å². The molecule has 0 N–H and O–H groups in total. The Labute approximate surface area is 99.2 Å². The topological polar surface area (TPSA) is 42.4 Å². The average Bonchev–Trinajstić information content (AvgIpc) is 3.04. The zero-order valence-corrected chi connectivity index (χ0v) is 9.99. The number of carbonyl (C=O) groups is 1. The van der Waals surface area contributed by atoms with Crippen molar-refractivity contribution in [3.63, 3.8) is 0 Å². The van der Waals surface area contributed by atoms with Crippen molar-refractivity contribution in [1.29, 1.82) is 0 Å². The molecule has 0 spiro atoms. The molecule has 1 aromatic rings. The number of halogens is 1. The van der Waals surface area contributed by atoms with Crippen LogP contribution < -0.4 is 4.74 Å². The molecule has 0 unspecified atom stereocenters. The molecule has 1 amide bonds. The second kappa shape index (κ2) is 4.29. The van der Waals surface area contributed by atoms with Crippen LogP contribution in [0.4, 0.5) is 0 Å². The third-order valence-corrected chi connectivity index (χ3v) is 2.69. The zero-order valence-electron chi connectivity index (χ0n) is 9.24. The Kier molecular flexibility index (Phi) is 3.01. The van der Waals surface area contributed by atoms with Gasteiger partial charge in [-0.15, -0.1) is 0 Å². The molecule has 2 rings (SSSR count). The van der Waals surface area contributed by atoms with Gasteiger partial charge in [0.1, 0.15) is 0 Å². The van der Waals surface area contributed by atoms with E-state index in [0.717, 1.165) is 12.8 Å². The number of nitrogens with zero attached hydrogens (tertiary/aromatic N) is 2. The van der Waals surface area contributed by atoms with E-state index in [1.807, 2.05) is 0 Å². The second-order valence-electron chi connectivity index (χ2n) is 4.02. The summed E-state index contributed by atoms with van der Waals surface area (Å²) in [6.45, 7) is 0. The van der Waals surface area contributed by atoms with Crippen LogP contribution in [0.3, 0.4) is 0 Å². The van der Waals surface area contributed by atoms with Gasteiger partial charge in [0.15, 0.2) is 5.75 Å². The quantitative estimate of drug-likeness (QED) is 0.811. The number of ether oxygens (including phenoxy) is 1. The first kappa shape index (κ1) is 11.2. The van der Waals surface area contributed by atoms with Crippen LogP contribution >= 0.6 is 11.6 Å². The number of amides is 1. The Balaban J connectivity index is 2.27. The normalized spacial score (nSPS) is 14.7. The summed E-state index contributed by atoms with van der Waals surface area (Å²) in [4.78, 5) is 17.2. The van der Waals surface area contributed by atoms with Crippen molar-refractivity contribution in [1.82, 2.24) is 9.88 Å². The lowest BCUT2D eigenvalue weighted by molar-refractivity contribution is 0.0827. The van der Waals surface area contributed by atoms with Crippen LogP contribution in [0.1, 0.15) is 23.2 Å². The molecule has 1 aliphatic carbocycles. The van der Waals surface area contributed by atoms with E-state index in [0.29, 0.717) is 16.3 Å². The zero-order chi connectivity index (χ0) is 11.7. The monoisotopic (exact) mass is 240 g/mol. The number of rotatable bonds is 3. The molecule has 0 bridgehead atoms. The van der Waals surface area contributed by atoms with E-state index in [4.69, 9.17) is 16.3 Å². The molecule has 1 aromatic heterocycles. The predicted molar refractivity (Wildman–Crippen MR) is 60.9 cm³/mol. The Hall–Kier alpha value is -1.29. The summed E-state index contributed by atoms with van der Waals surface area (Å²) in [5.41, 5.74) is 0.379. The van der Waals surface area contributed by atoms with Crippen molar-refractivity contribution >= 4 is 17.5 Å². The molecule has 1 heterocycles. The van der Waals surface area contributed by atoms with Crippen molar-refractivity contribution in [3.05, 3.63) is 23.0 Å². The van der Waals surface area contributed by atoms with Gasteiger partial charge < -0.3 is 9.64 Å². The summed E-state index contributed by atoms with van der Waals surface area (Å²) in [7, 11) is 3.35. The van der Waals surface area contributed by atoms with Gasteiger partial charge in [-0.1, -0.05) is 11.6 Å².